The summed E-state index contributed by atoms with van der Waals surface area (Å²) < 4.78 is 4.95. The Balaban J connectivity index is 2.27. The Bertz CT molecular complexity index is 570. The zero-order chi connectivity index (χ0) is 13.7. The fraction of sp³-hybridized carbons (Fsp3) is 0.200. The molecule has 0 atom stereocenters. The van der Waals surface area contributed by atoms with E-state index in [1.807, 2.05) is 30.3 Å². The average molecular weight is 276 g/mol. The van der Waals surface area contributed by atoms with Gasteiger partial charge < -0.3 is 4.74 Å². The molecule has 1 aromatic heterocycles. The topological polar surface area (TPSA) is 39.2 Å². The second-order valence-corrected chi connectivity index (χ2v) is 4.42. The van der Waals surface area contributed by atoms with E-state index in [0.29, 0.717) is 23.6 Å². The number of hydrogen-bond donors (Lipinski definition) is 0. The summed E-state index contributed by atoms with van der Waals surface area (Å²) in [6, 6.07) is 9.90. The Morgan fingerprint density at radius 3 is 2.68 bits per heavy atom. The van der Waals surface area contributed by atoms with E-state index in [-0.39, 0.29) is 0 Å². The van der Waals surface area contributed by atoms with Gasteiger partial charge in [-0.3, -0.25) is 4.98 Å². The van der Waals surface area contributed by atoms with Crippen LogP contribution in [0.3, 0.4) is 0 Å². The highest BCUT2D eigenvalue weighted by Gasteiger charge is 2.15. The zero-order valence-electron chi connectivity index (χ0n) is 10.6. The molecule has 1 heterocycles. The van der Waals surface area contributed by atoms with Crippen molar-refractivity contribution in [3.8, 4) is 0 Å². The molecule has 2 aromatic rings. The van der Waals surface area contributed by atoms with E-state index in [9.17, 15) is 4.79 Å². The summed E-state index contributed by atoms with van der Waals surface area (Å²) in [4.78, 5) is 15.8. The second-order valence-electron chi connectivity index (χ2n) is 4.04. The first-order valence-electron chi connectivity index (χ1n) is 6.05. The normalized spacial score (nSPS) is 10.2. The van der Waals surface area contributed by atoms with Gasteiger partial charge in [0.1, 0.15) is 0 Å². The van der Waals surface area contributed by atoms with Crippen molar-refractivity contribution in [2.24, 2.45) is 0 Å². The molecular formula is C15H14ClNO2. The summed E-state index contributed by atoms with van der Waals surface area (Å²) in [6.45, 7) is 2.07. The fourth-order valence-electron chi connectivity index (χ4n) is 1.78. The lowest BCUT2D eigenvalue weighted by molar-refractivity contribution is 0.0526. The molecule has 0 radical (unpaired) electrons. The summed E-state index contributed by atoms with van der Waals surface area (Å²) in [5, 5.41) is 0.414. The molecule has 0 bridgehead atoms. The van der Waals surface area contributed by atoms with Crippen molar-refractivity contribution in [2.45, 2.75) is 13.3 Å². The van der Waals surface area contributed by atoms with Crippen LogP contribution in [0.2, 0.25) is 5.02 Å². The first-order valence-corrected chi connectivity index (χ1v) is 6.43. The number of nitrogens with zero attached hydrogens (tertiary/aromatic N) is 1. The predicted molar refractivity (Wildman–Crippen MR) is 74.5 cm³/mol. The number of rotatable bonds is 4. The molecule has 98 valence electrons. The number of carbonyl (C=O) groups is 1. The number of aromatic nitrogens is 1. The second kappa shape index (κ2) is 6.34. The summed E-state index contributed by atoms with van der Waals surface area (Å²) in [6.07, 6.45) is 3.76. The average Bonchev–Trinajstić information content (AvgIpc) is 2.42. The number of carbonyl (C=O) groups excluding carboxylic acids is 1. The summed E-state index contributed by atoms with van der Waals surface area (Å²) in [7, 11) is 0. The highest BCUT2D eigenvalue weighted by molar-refractivity contribution is 6.34. The molecule has 0 spiro atoms. The van der Waals surface area contributed by atoms with Crippen molar-refractivity contribution in [3.05, 3.63) is 64.4 Å². The summed E-state index contributed by atoms with van der Waals surface area (Å²) >= 11 is 6.25. The van der Waals surface area contributed by atoms with Crippen molar-refractivity contribution in [3.63, 3.8) is 0 Å². The van der Waals surface area contributed by atoms with Crippen LogP contribution in [-0.4, -0.2) is 17.6 Å². The number of benzene rings is 1. The SMILES string of the molecule is CCOC(=O)c1cncc(Cc2ccccc2)c1Cl. The molecule has 0 aliphatic rings. The van der Waals surface area contributed by atoms with Crippen LogP contribution >= 0.6 is 11.6 Å². The van der Waals surface area contributed by atoms with Crippen LogP contribution in [0.5, 0.6) is 0 Å². The third-order valence-electron chi connectivity index (χ3n) is 2.69. The smallest absolute Gasteiger partial charge is 0.341 e. The van der Waals surface area contributed by atoms with Gasteiger partial charge >= 0.3 is 5.97 Å². The summed E-state index contributed by atoms with van der Waals surface area (Å²) in [5.74, 6) is -0.435. The Labute approximate surface area is 117 Å². The van der Waals surface area contributed by atoms with E-state index in [1.54, 1.807) is 13.1 Å². The van der Waals surface area contributed by atoms with Gasteiger partial charge in [-0.25, -0.2) is 4.79 Å². The molecule has 0 saturated heterocycles. The van der Waals surface area contributed by atoms with Crippen LogP contribution < -0.4 is 0 Å². The van der Waals surface area contributed by atoms with Gasteiger partial charge in [-0.1, -0.05) is 41.9 Å². The maximum absolute atomic E-state index is 11.7. The fourth-order valence-corrected chi connectivity index (χ4v) is 2.02. The molecular weight excluding hydrogens is 262 g/mol. The van der Waals surface area contributed by atoms with Gasteiger partial charge in [0.15, 0.2) is 0 Å². The molecule has 0 aliphatic heterocycles. The number of hydrogen-bond acceptors (Lipinski definition) is 3. The van der Waals surface area contributed by atoms with Gasteiger partial charge in [0.2, 0.25) is 0 Å². The molecule has 4 heteroatoms. The number of pyridine rings is 1. The monoisotopic (exact) mass is 275 g/mol. The summed E-state index contributed by atoms with van der Waals surface area (Å²) in [5.41, 5.74) is 2.25. The van der Waals surface area contributed by atoms with Gasteiger partial charge in [-0.05, 0) is 18.1 Å². The molecule has 0 amide bonds. The van der Waals surface area contributed by atoms with E-state index in [4.69, 9.17) is 16.3 Å². The first kappa shape index (κ1) is 13.6. The third kappa shape index (κ3) is 3.32. The molecule has 0 saturated carbocycles. The van der Waals surface area contributed by atoms with Crippen molar-refractivity contribution >= 4 is 17.6 Å². The van der Waals surface area contributed by atoms with E-state index >= 15 is 0 Å². The largest absolute Gasteiger partial charge is 0.462 e. The van der Waals surface area contributed by atoms with Gasteiger partial charge in [-0.2, -0.15) is 0 Å². The Hall–Kier alpha value is -1.87. The Morgan fingerprint density at radius 1 is 1.26 bits per heavy atom. The quantitative estimate of drug-likeness (QED) is 0.802. The molecule has 1 aromatic carbocycles. The number of ether oxygens (including phenoxy) is 1. The lowest BCUT2D eigenvalue weighted by Gasteiger charge is -2.08. The van der Waals surface area contributed by atoms with E-state index in [2.05, 4.69) is 4.98 Å². The maximum Gasteiger partial charge on any atom is 0.341 e. The van der Waals surface area contributed by atoms with Gasteiger partial charge in [0.25, 0.3) is 0 Å². The van der Waals surface area contributed by atoms with E-state index in [1.165, 1.54) is 6.20 Å². The van der Waals surface area contributed by atoms with Crippen molar-refractivity contribution in [1.82, 2.24) is 4.98 Å². The van der Waals surface area contributed by atoms with Gasteiger partial charge in [0.05, 0.1) is 17.2 Å². The van der Waals surface area contributed by atoms with Crippen LogP contribution in [0, 0.1) is 0 Å². The van der Waals surface area contributed by atoms with Gasteiger partial charge in [0, 0.05) is 18.8 Å². The van der Waals surface area contributed by atoms with Crippen molar-refractivity contribution < 1.29 is 9.53 Å². The Kier molecular flexibility index (Phi) is 4.53. The minimum atomic E-state index is -0.435. The van der Waals surface area contributed by atoms with E-state index in [0.717, 1.165) is 11.1 Å². The minimum Gasteiger partial charge on any atom is -0.462 e. The van der Waals surface area contributed by atoms with Crippen LogP contribution in [0.25, 0.3) is 0 Å². The van der Waals surface area contributed by atoms with E-state index < -0.39 is 5.97 Å². The minimum absolute atomic E-state index is 0.317. The molecule has 0 N–H and O–H groups in total. The molecule has 3 nitrogen and oxygen atoms in total. The third-order valence-corrected chi connectivity index (χ3v) is 3.13. The predicted octanol–water partition coefficient (Wildman–Crippen LogP) is 3.50. The Morgan fingerprint density at radius 2 is 2.00 bits per heavy atom. The molecule has 0 unspecified atom stereocenters. The lowest BCUT2D eigenvalue weighted by Crippen LogP contribution is -2.07. The molecule has 0 aliphatic carbocycles. The lowest BCUT2D eigenvalue weighted by atomic mass is 10.1. The zero-order valence-corrected chi connectivity index (χ0v) is 11.4. The maximum atomic E-state index is 11.7. The van der Waals surface area contributed by atoms with Crippen LogP contribution in [-0.2, 0) is 11.2 Å². The van der Waals surface area contributed by atoms with Gasteiger partial charge in [-0.15, -0.1) is 0 Å². The molecule has 19 heavy (non-hydrogen) atoms. The highest BCUT2D eigenvalue weighted by atomic mass is 35.5. The first-order chi connectivity index (χ1) is 9.22. The standard InChI is InChI=1S/C15H14ClNO2/c1-2-19-15(18)13-10-17-9-12(14(13)16)8-11-6-4-3-5-7-11/h3-7,9-10H,2,8H2,1H3. The molecule has 0 fully saturated rings. The van der Waals surface area contributed by atoms with Crippen LogP contribution in [0.4, 0.5) is 0 Å². The van der Waals surface area contributed by atoms with Crippen molar-refractivity contribution in [1.29, 1.82) is 0 Å². The van der Waals surface area contributed by atoms with Crippen LogP contribution in [0.15, 0.2) is 42.7 Å². The van der Waals surface area contributed by atoms with Crippen molar-refractivity contribution in [2.75, 3.05) is 6.61 Å². The molecule has 2 rings (SSSR count). The number of esters is 1. The highest BCUT2D eigenvalue weighted by Crippen LogP contribution is 2.23. The number of halogens is 1. The van der Waals surface area contributed by atoms with Crippen LogP contribution in [0.1, 0.15) is 28.4 Å².